The Hall–Kier alpha value is -0.450. The molecule has 0 aromatic carbocycles. The molecule has 0 aliphatic carbocycles. The molecule has 0 spiro atoms. The lowest BCUT2D eigenvalue weighted by molar-refractivity contribution is 0.375. The number of aryl methyl sites for hydroxylation is 1. The van der Waals surface area contributed by atoms with E-state index in [0.717, 1.165) is 38.3 Å². The topological polar surface area (TPSA) is 50.9 Å². The predicted molar refractivity (Wildman–Crippen MR) is 68.8 cm³/mol. The Morgan fingerprint density at radius 3 is 3.25 bits per heavy atom. The SMILES string of the molecule is NCCCc1csc(CC2CCCNC2)n1. The Balaban J connectivity index is 1.81. The van der Waals surface area contributed by atoms with Crippen molar-refractivity contribution in [3.05, 3.63) is 16.1 Å². The molecule has 1 atom stereocenters. The molecule has 3 N–H and O–H groups in total. The van der Waals surface area contributed by atoms with Gasteiger partial charge in [-0.15, -0.1) is 11.3 Å². The molecule has 1 aromatic rings. The summed E-state index contributed by atoms with van der Waals surface area (Å²) in [7, 11) is 0. The lowest BCUT2D eigenvalue weighted by Gasteiger charge is -2.21. The maximum absolute atomic E-state index is 5.50. The summed E-state index contributed by atoms with van der Waals surface area (Å²) < 4.78 is 0. The van der Waals surface area contributed by atoms with Crippen molar-refractivity contribution in [2.24, 2.45) is 11.7 Å². The minimum atomic E-state index is 0.763. The van der Waals surface area contributed by atoms with Gasteiger partial charge in [0.2, 0.25) is 0 Å². The summed E-state index contributed by atoms with van der Waals surface area (Å²) in [5.41, 5.74) is 6.73. The van der Waals surface area contributed by atoms with Gasteiger partial charge in [-0.2, -0.15) is 0 Å². The van der Waals surface area contributed by atoms with Gasteiger partial charge in [-0.3, -0.25) is 0 Å². The largest absolute Gasteiger partial charge is 0.330 e. The normalized spacial score (nSPS) is 21.2. The molecule has 1 aliphatic rings. The van der Waals surface area contributed by atoms with Crippen LogP contribution in [0.25, 0.3) is 0 Å². The van der Waals surface area contributed by atoms with Crippen molar-refractivity contribution < 1.29 is 0 Å². The summed E-state index contributed by atoms with van der Waals surface area (Å²) in [4.78, 5) is 4.68. The highest BCUT2D eigenvalue weighted by molar-refractivity contribution is 7.09. The summed E-state index contributed by atoms with van der Waals surface area (Å²) in [6.07, 6.45) is 5.91. The molecule has 1 saturated heterocycles. The van der Waals surface area contributed by atoms with E-state index in [-0.39, 0.29) is 0 Å². The fourth-order valence-electron chi connectivity index (χ4n) is 2.19. The van der Waals surface area contributed by atoms with E-state index in [9.17, 15) is 0 Å². The van der Waals surface area contributed by atoms with E-state index in [2.05, 4.69) is 15.7 Å². The van der Waals surface area contributed by atoms with Gasteiger partial charge < -0.3 is 11.1 Å². The molecular weight excluding hydrogens is 218 g/mol. The molecule has 90 valence electrons. The zero-order chi connectivity index (χ0) is 11.2. The number of nitrogens with two attached hydrogens (primary N) is 1. The minimum absolute atomic E-state index is 0.763. The number of hydrogen-bond acceptors (Lipinski definition) is 4. The molecule has 0 radical (unpaired) electrons. The van der Waals surface area contributed by atoms with Crippen LogP contribution in [0.1, 0.15) is 30.0 Å². The van der Waals surface area contributed by atoms with Crippen LogP contribution >= 0.6 is 11.3 Å². The quantitative estimate of drug-likeness (QED) is 0.820. The summed E-state index contributed by atoms with van der Waals surface area (Å²) in [6.45, 7) is 3.12. The summed E-state index contributed by atoms with van der Waals surface area (Å²) >= 11 is 1.81. The molecule has 0 saturated carbocycles. The second kappa shape index (κ2) is 6.33. The average molecular weight is 239 g/mol. The van der Waals surface area contributed by atoms with Crippen molar-refractivity contribution in [1.82, 2.24) is 10.3 Å². The first kappa shape index (κ1) is 12.0. The number of nitrogens with one attached hydrogen (secondary N) is 1. The Kier molecular flexibility index (Phi) is 4.75. The number of aromatic nitrogens is 1. The number of piperidine rings is 1. The Morgan fingerprint density at radius 1 is 1.56 bits per heavy atom. The third kappa shape index (κ3) is 3.54. The molecular formula is C12H21N3S. The summed E-state index contributed by atoms with van der Waals surface area (Å²) in [6, 6.07) is 0. The predicted octanol–water partition coefficient (Wildman–Crippen LogP) is 1.58. The van der Waals surface area contributed by atoms with Crippen molar-refractivity contribution in [2.45, 2.75) is 32.1 Å². The first-order chi connectivity index (χ1) is 7.88. The van der Waals surface area contributed by atoms with Crippen molar-refractivity contribution in [2.75, 3.05) is 19.6 Å². The van der Waals surface area contributed by atoms with Crippen LogP contribution in [0.2, 0.25) is 0 Å². The Morgan fingerprint density at radius 2 is 2.50 bits per heavy atom. The fourth-order valence-corrected chi connectivity index (χ4v) is 3.13. The smallest absolute Gasteiger partial charge is 0.0931 e. The van der Waals surface area contributed by atoms with Gasteiger partial charge in [-0.05, 0) is 51.2 Å². The molecule has 1 aliphatic heterocycles. The molecule has 0 amide bonds. The minimum Gasteiger partial charge on any atom is -0.330 e. The highest BCUT2D eigenvalue weighted by Crippen LogP contribution is 2.19. The van der Waals surface area contributed by atoms with Crippen molar-refractivity contribution in [3.63, 3.8) is 0 Å². The lowest BCUT2D eigenvalue weighted by atomic mass is 9.97. The van der Waals surface area contributed by atoms with Gasteiger partial charge in [0.15, 0.2) is 0 Å². The standard InChI is InChI=1S/C12H21N3S/c13-5-1-4-11-9-16-12(15-11)7-10-3-2-6-14-8-10/h9-10,14H,1-8,13H2. The Bertz CT molecular complexity index is 305. The van der Waals surface area contributed by atoms with Gasteiger partial charge in [-0.25, -0.2) is 4.98 Å². The van der Waals surface area contributed by atoms with Crippen molar-refractivity contribution in [3.8, 4) is 0 Å². The van der Waals surface area contributed by atoms with Crippen LogP contribution in [0.4, 0.5) is 0 Å². The molecule has 1 fully saturated rings. The molecule has 2 heterocycles. The highest BCUT2D eigenvalue weighted by atomic mass is 32.1. The number of rotatable bonds is 5. The number of nitrogens with zero attached hydrogens (tertiary/aromatic N) is 1. The van der Waals surface area contributed by atoms with E-state index in [4.69, 9.17) is 5.73 Å². The van der Waals surface area contributed by atoms with Gasteiger partial charge in [0.05, 0.1) is 10.7 Å². The van der Waals surface area contributed by atoms with Crippen LogP contribution in [0.3, 0.4) is 0 Å². The van der Waals surface area contributed by atoms with Crippen LogP contribution < -0.4 is 11.1 Å². The highest BCUT2D eigenvalue weighted by Gasteiger charge is 2.15. The fraction of sp³-hybridized carbons (Fsp3) is 0.750. The maximum atomic E-state index is 5.50. The molecule has 2 rings (SSSR count). The third-order valence-corrected chi connectivity index (χ3v) is 4.02. The molecule has 1 unspecified atom stereocenters. The average Bonchev–Trinajstić information content (AvgIpc) is 2.75. The second-order valence-electron chi connectivity index (χ2n) is 4.54. The van der Waals surface area contributed by atoms with E-state index in [1.54, 1.807) is 0 Å². The lowest BCUT2D eigenvalue weighted by Crippen LogP contribution is -2.30. The van der Waals surface area contributed by atoms with E-state index >= 15 is 0 Å². The number of thiazole rings is 1. The molecule has 16 heavy (non-hydrogen) atoms. The number of hydrogen-bond donors (Lipinski definition) is 2. The van der Waals surface area contributed by atoms with E-state index < -0.39 is 0 Å². The Labute approximate surface area is 101 Å². The summed E-state index contributed by atoms with van der Waals surface area (Å²) in [5, 5.41) is 6.96. The van der Waals surface area contributed by atoms with E-state index in [0.29, 0.717) is 0 Å². The van der Waals surface area contributed by atoms with Crippen LogP contribution in [0.15, 0.2) is 5.38 Å². The van der Waals surface area contributed by atoms with Gasteiger partial charge in [0.25, 0.3) is 0 Å². The molecule has 3 nitrogen and oxygen atoms in total. The van der Waals surface area contributed by atoms with Crippen LogP contribution in [-0.2, 0) is 12.8 Å². The summed E-state index contributed by atoms with van der Waals surface area (Å²) in [5.74, 6) is 0.794. The van der Waals surface area contributed by atoms with E-state index in [1.165, 1.54) is 30.1 Å². The zero-order valence-corrected chi connectivity index (χ0v) is 10.6. The van der Waals surface area contributed by atoms with Gasteiger partial charge in [0.1, 0.15) is 0 Å². The van der Waals surface area contributed by atoms with Gasteiger partial charge in [0, 0.05) is 11.8 Å². The second-order valence-corrected chi connectivity index (χ2v) is 5.48. The van der Waals surface area contributed by atoms with Crippen molar-refractivity contribution >= 4 is 11.3 Å². The molecule has 4 heteroatoms. The zero-order valence-electron chi connectivity index (χ0n) is 9.74. The van der Waals surface area contributed by atoms with Gasteiger partial charge in [-0.1, -0.05) is 0 Å². The first-order valence-corrected chi connectivity index (χ1v) is 7.10. The molecule has 0 bridgehead atoms. The monoisotopic (exact) mass is 239 g/mol. The first-order valence-electron chi connectivity index (χ1n) is 6.22. The maximum Gasteiger partial charge on any atom is 0.0931 e. The third-order valence-electron chi connectivity index (χ3n) is 3.10. The van der Waals surface area contributed by atoms with Crippen LogP contribution in [0.5, 0.6) is 0 Å². The van der Waals surface area contributed by atoms with Crippen molar-refractivity contribution in [1.29, 1.82) is 0 Å². The van der Waals surface area contributed by atoms with Crippen LogP contribution in [-0.4, -0.2) is 24.6 Å². The van der Waals surface area contributed by atoms with Crippen LogP contribution in [0, 0.1) is 5.92 Å². The van der Waals surface area contributed by atoms with E-state index in [1.807, 2.05) is 11.3 Å². The molecule has 1 aromatic heterocycles. The van der Waals surface area contributed by atoms with Gasteiger partial charge >= 0.3 is 0 Å².